The van der Waals surface area contributed by atoms with Crippen molar-refractivity contribution in [1.82, 2.24) is 0 Å². The van der Waals surface area contributed by atoms with Crippen molar-refractivity contribution in [3.63, 3.8) is 0 Å². The molecule has 66 heavy (non-hydrogen) atoms. The summed E-state index contributed by atoms with van der Waals surface area (Å²) in [5.41, 5.74) is 23.9. The molecule has 0 saturated heterocycles. The first-order chi connectivity index (χ1) is 32.5. The Bertz CT molecular complexity index is 3450. The molecule has 0 aromatic heterocycles. The number of anilines is 3. The molecule has 0 amide bonds. The predicted octanol–water partition coefficient (Wildman–Crippen LogP) is 16.0. The van der Waals surface area contributed by atoms with Gasteiger partial charge in [-0.05, 0) is 114 Å². The molecule has 0 bridgehead atoms. The molecule has 9 aromatic rings. The Balaban J connectivity index is 1.08. The molecule has 0 fully saturated rings. The number of nitrogens with zero attached hydrogens (tertiary/aromatic N) is 1. The van der Waals surface area contributed by atoms with E-state index in [9.17, 15) is 0 Å². The third kappa shape index (κ3) is 4.70. The van der Waals surface area contributed by atoms with E-state index >= 15 is 0 Å². The average Bonchev–Trinajstić information content (AvgIpc) is 4.04. The highest BCUT2D eigenvalue weighted by Gasteiger charge is 2.54. The molecule has 9 aromatic carbocycles. The maximum Gasteiger partial charge on any atom is 0.0726 e. The van der Waals surface area contributed by atoms with Crippen LogP contribution in [0.25, 0.3) is 33.4 Å². The van der Waals surface area contributed by atoms with E-state index in [2.05, 4.69) is 255 Å². The third-order valence-corrected chi connectivity index (χ3v) is 16.2. The molecule has 1 heteroatoms. The zero-order chi connectivity index (χ0) is 43.8. The van der Waals surface area contributed by atoms with Crippen LogP contribution in [-0.2, 0) is 16.2 Å². The van der Waals surface area contributed by atoms with Gasteiger partial charge in [-0.15, -0.1) is 0 Å². The Labute approximate surface area is 387 Å². The van der Waals surface area contributed by atoms with E-state index in [-0.39, 0.29) is 17.3 Å². The smallest absolute Gasteiger partial charge is 0.0726 e. The number of hydrogen-bond donors (Lipinski definition) is 0. The number of allylic oxidation sites excluding steroid dienone is 4. The second-order valence-corrected chi connectivity index (χ2v) is 19.5. The van der Waals surface area contributed by atoms with Gasteiger partial charge in [0.15, 0.2) is 0 Å². The van der Waals surface area contributed by atoms with Crippen LogP contribution in [0.5, 0.6) is 0 Å². The summed E-state index contributed by atoms with van der Waals surface area (Å²) in [5, 5.41) is 0. The molecular formula is C65H47N. The predicted molar refractivity (Wildman–Crippen MR) is 272 cm³/mol. The Morgan fingerprint density at radius 3 is 1.52 bits per heavy atom. The first-order valence-electron chi connectivity index (χ1n) is 23.6. The molecule has 0 heterocycles. The van der Waals surface area contributed by atoms with Crippen molar-refractivity contribution >= 4 is 17.1 Å². The fourth-order valence-electron chi connectivity index (χ4n) is 13.6. The van der Waals surface area contributed by atoms with Crippen molar-refractivity contribution in [2.75, 3.05) is 4.90 Å². The van der Waals surface area contributed by atoms with Crippen LogP contribution in [0.4, 0.5) is 17.1 Å². The molecule has 14 rings (SSSR count). The van der Waals surface area contributed by atoms with Crippen LogP contribution >= 0.6 is 0 Å². The van der Waals surface area contributed by atoms with Crippen LogP contribution < -0.4 is 4.90 Å². The van der Waals surface area contributed by atoms with Gasteiger partial charge in [0.25, 0.3) is 0 Å². The SMILES string of the molecule is CC1(C)c2ccccc2-c2ccc(N(c3ccc4c(c3)C(c3ccccc3)(c3ccccc3)C3C=CC=CC43)c3cccc4c3-c3ccccc3C43c4ccccc4-c4ccccc43)cc21. The first kappa shape index (κ1) is 37.6. The summed E-state index contributed by atoms with van der Waals surface area (Å²) < 4.78 is 0. The first-order valence-corrected chi connectivity index (χ1v) is 23.6. The van der Waals surface area contributed by atoms with Gasteiger partial charge in [-0.2, -0.15) is 0 Å². The van der Waals surface area contributed by atoms with Crippen molar-refractivity contribution in [3.05, 3.63) is 292 Å². The lowest BCUT2D eigenvalue weighted by Gasteiger charge is -2.39. The number of hydrogen-bond acceptors (Lipinski definition) is 1. The van der Waals surface area contributed by atoms with Crippen molar-refractivity contribution in [2.24, 2.45) is 5.92 Å². The minimum Gasteiger partial charge on any atom is -0.310 e. The second kappa shape index (κ2) is 13.6. The number of benzene rings is 9. The minimum absolute atomic E-state index is 0.164. The molecule has 1 nitrogen and oxygen atoms in total. The lowest BCUT2D eigenvalue weighted by atomic mass is 9.63. The Morgan fingerprint density at radius 2 is 0.864 bits per heavy atom. The van der Waals surface area contributed by atoms with Gasteiger partial charge in [-0.25, -0.2) is 0 Å². The number of fused-ring (bicyclic) bond motifs is 16. The van der Waals surface area contributed by atoms with Gasteiger partial charge in [0.05, 0.1) is 16.5 Å². The van der Waals surface area contributed by atoms with E-state index in [1.165, 1.54) is 94.7 Å². The van der Waals surface area contributed by atoms with E-state index in [4.69, 9.17) is 0 Å². The van der Waals surface area contributed by atoms with E-state index in [0.29, 0.717) is 0 Å². The van der Waals surface area contributed by atoms with Crippen molar-refractivity contribution < 1.29 is 0 Å². The molecule has 0 saturated carbocycles. The van der Waals surface area contributed by atoms with Gasteiger partial charge in [0, 0.05) is 34.2 Å². The molecule has 312 valence electrons. The number of rotatable bonds is 5. The summed E-state index contributed by atoms with van der Waals surface area (Å²) in [6.07, 6.45) is 9.43. The van der Waals surface area contributed by atoms with Crippen LogP contribution in [0.2, 0.25) is 0 Å². The summed E-state index contributed by atoms with van der Waals surface area (Å²) in [7, 11) is 0. The monoisotopic (exact) mass is 841 g/mol. The molecule has 1 spiro atoms. The normalized spacial score (nSPS) is 18.4. The van der Waals surface area contributed by atoms with Gasteiger partial charge in [-0.1, -0.05) is 220 Å². The Hall–Kier alpha value is -7.74. The Kier molecular flexibility index (Phi) is 7.78. The van der Waals surface area contributed by atoms with E-state index in [1.807, 2.05) is 0 Å². The van der Waals surface area contributed by atoms with Gasteiger partial charge in [0.1, 0.15) is 0 Å². The lowest BCUT2D eigenvalue weighted by molar-refractivity contribution is 0.457. The highest BCUT2D eigenvalue weighted by Crippen LogP contribution is 2.66. The van der Waals surface area contributed by atoms with Crippen LogP contribution in [0.3, 0.4) is 0 Å². The molecule has 2 unspecified atom stereocenters. The summed E-state index contributed by atoms with van der Waals surface area (Å²) >= 11 is 0. The molecule has 0 N–H and O–H groups in total. The fourth-order valence-corrected chi connectivity index (χ4v) is 13.6. The molecule has 5 aliphatic carbocycles. The fraction of sp³-hybridized carbons (Fsp3) is 0.108. The maximum atomic E-state index is 2.61. The molecule has 2 atom stereocenters. The summed E-state index contributed by atoms with van der Waals surface area (Å²) in [6.45, 7) is 4.79. The van der Waals surface area contributed by atoms with Crippen molar-refractivity contribution in [2.45, 2.75) is 36.0 Å². The van der Waals surface area contributed by atoms with Crippen LogP contribution in [0.1, 0.15) is 75.4 Å². The molecule has 0 aliphatic heterocycles. The standard InChI is InChI=1S/C65H47N/c1-63(2)53-29-14-9-24-46(53)50-38-36-44(40-59(50)63)66(45-37-39-51-49-27-10-15-30-54(49)64(60(51)41-45,42-20-5-3-6-21-42)43-22-7-4-8-23-43)61-35-19-34-58-62(61)52-28-13-18-33-57(52)65(58)55-31-16-11-25-47(55)48-26-12-17-32-56(48)65/h3-41,49,54H,1-2H3. The zero-order valence-corrected chi connectivity index (χ0v) is 37.1. The van der Waals surface area contributed by atoms with Gasteiger partial charge < -0.3 is 4.90 Å². The third-order valence-electron chi connectivity index (χ3n) is 16.2. The highest BCUT2D eigenvalue weighted by molar-refractivity contribution is 6.01. The second-order valence-electron chi connectivity index (χ2n) is 19.5. The summed E-state index contributed by atoms with van der Waals surface area (Å²) in [6, 6.07) is 80.9. The lowest BCUT2D eigenvalue weighted by Crippen LogP contribution is -2.35. The van der Waals surface area contributed by atoms with Gasteiger partial charge >= 0.3 is 0 Å². The Morgan fingerprint density at radius 1 is 0.379 bits per heavy atom. The van der Waals surface area contributed by atoms with Crippen LogP contribution in [0.15, 0.2) is 237 Å². The summed E-state index contributed by atoms with van der Waals surface area (Å²) in [4.78, 5) is 2.61. The van der Waals surface area contributed by atoms with Gasteiger partial charge in [0.2, 0.25) is 0 Å². The molecular weight excluding hydrogens is 795 g/mol. The zero-order valence-electron chi connectivity index (χ0n) is 37.1. The van der Waals surface area contributed by atoms with Crippen molar-refractivity contribution in [1.29, 1.82) is 0 Å². The van der Waals surface area contributed by atoms with E-state index in [0.717, 1.165) is 11.4 Å². The maximum absolute atomic E-state index is 2.61. The quantitative estimate of drug-likeness (QED) is 0.167. The average molecular weight is 842 g/mol. The van der Waals surface area contributed by atoms with Crippen LogP contribution in [-0.4, -0.2) is 0 Å². The van der Waals surface area contributed by atoms with Crippen LogP contribution in [0, 0.1) is 5.92 Å². The topological polar surface area (TPSA) is 3.24 Å². The molecule has 5 aliphatic rings. The summed E-state index contributed by atoms with van der Waals surface area (Å²) in [5.74, 6) is 0.447. The van der Waals surface area contributed by atoms with E-state index < -0.39 is 10.8 Å². The highest BCUT2D eigenvalue weighted by atomic mass is 15.1. The van der Waals surface area contributed by atoms with E-state index in [1.54, 1.807) is 0 Å². The minimum atomic E-state index is -0.454. The molecule has 0 radical (unpaired) electrons. The largest absolute Gasteiger partial charge is 0.310 e. The van der Waals surface area contributed by atoms with Crippen molar-refractivity contribution in [3.8, 4) is 33.4 Å². The van der Waals surface area contributed by atoms with Gasteiger partial charge in [-0.3, -0.25) is 0 Å².